The average Bonchev–Trinajstić information content (AvgIpc) is 2.15. The van der Waals surface area contributed by atoms with Crippen LogP contribution >= 0.6 is 0 Å². The van der Waals surface area contributed by atoms with Crippen LogP contribution in [-0.4, -0.2) is 18.0 Å². The number of methoxy groups -OCH3 is 1. The van der Waals surface area contributed by atoms with E-state index < -0.39 is 0 Å². The lowest BCUT2D eigenvalue weighted by Gasteiger charge is -2.01. The average molecular weight is 180 g/mol. The number of amides is 1. The maximum absolute atomic E-state index is 10.5. The van der Waals surface area contributed by atoms with Crippen molar-refractivity contribution in [1.29, 1.82) is 0 Å². The molecule has 0 spiro atoms. The summed E-state index contributed by atoms with van der Waals surface area (Å²) in [6.07, 6.45) is 2.53. The molecule has 2 N–H and O–H groups in total. The second kappa shape index (κ2) is 4.45. The molecule has 1 aromatic rings. The molecule has 0 fully saturated rings. The molecule has 4 heteroatoms. The van der Waals surface area contributed by atoms with Crippen LogP contribution in [-0.2, 0) is 11.2 Å². The Labute approximate surface area is 76.7 Å². The van der Waals surface area contributed by atoms with E-state index in [1.165, 1.54) is 0 Å². The first-order valence-electron chi connectivity index (χ1n) is 3.99. The van der Waals surface area contributed by atoms with E-state index in [0.717, 1.165) is 11.4 Å². The highest BCUT2D eigenvalue weighted by molar-refractivity contribution is 5.73. The van der Waals surface area contributed by atoms with Crippen molar-refractivity contribution in [2.45, 2.75) is 12.8 Å². The topological polar surface area (TPSA) is 65.2 Å². The number of ether oxygens (including phenoxy) is 1. The zero-order chi connectivity index (χ0) is 9.68. The Kier molecular flexibility index (Phi) is 3.25. The molecular weight excluding hydrogens is 168 g/mol. The summed E-state index contributed by atoms with van der Waals surface area (Å²) in [5.74, 6) is 0.430. The van der Waals surface area contributed by atoms with E-state index in [9.17, 15) is 4.79 Å². The van der Waals surface area contributed by atoms with Gasteiger partial charge in [0, 0.05) is 24.4 Å². The summed E-state index contributed by atoms with van der Waals surface area (Å²) in [4.78, 5) is 14.6. The molecule has 1 heterocycles. The van der Waals surface area contributed by atoms with Gasteiger partial charge in [0.2, 0.25) is 5.91 Å². The lowest BCUT2D eigenvalue weighted by atomic mass is 10.2. The molecule has 1 amide bonds. The number of rotatable bonds is 4. The number of carbonyl (C=O) groups is 1. The summed E-state index contributed by atoms with van der Waals surface area (Å²) in [6, 6.07) is 3.55. The van der Waals surface area contributed by atoms with Gasteiger partial charge in [-0.2, -0.15) is 0 Å². The number of hydrogen-bond acceptors (Lipinski definition) is 3. The third-order valence-corrected chi connectivity index (χ3v) is 1.65. The van der Waals surface area contributed by atoms with Gasteiger partial charge in [-0.25, -0.2) is 0 Å². The van der Waals surface area contributed by atoms with Gasteiger partial charge in [0.05, 0.1) is 7.11 Å². The minimum absolute atomic E-state index is 0.315. The molecule has 0 aliphatic heterocycles. The van der Waals surface area contributed by atoms with Crippen molar-refractivity contribution in [1.82, 2.24) is 4.98 Å². The number of nitrogens with two attached hydrogens (primary N) is 1. The van der Waals surface area contributed by atoms with Gasteiger partial charge in [-0.1, -0.05) is 0 Å². The van der Waals surface area contributed by atoms with E-state index in [1.54, 1.807) is 25.4 Å². The van der Waals surface area contributed by atoms with Gasteiger partial charge in [0.15, 0.2) is 0 Å². The van der Waals surface area contributed by atoms with Crippen LogP contribution in [0.15, 0.2) is 18.3 Å². The van der Waals surface area contributed by atoms with E-state index in [-0.39, 0.29) is 5.91 Å². The van der Waals surface area contributed by atoms with Crippen molar-refractivity contribution >= 4 is 5.91 Å². The standard InChI is InChI=1S/C9H12N2O2/c1-13-8-4-5-11-7(6-8)2-3-9(10)12/h4-6H,2-3H2,1H3,(H2,10,12). The molecule has 0 aromatic carbocycles. The number of aromatic nitrogens is 1. The van der Waals surface area contributed by atoms with Crippen molar-refractivity contribution < 1.29 is 9.53 Å². The summed E-state index contributed by atoms with van der Waals surface area (Å²) < 4.78 is 5.01. The first-order valence-corrected chi connectivity index (χ1v) is 3.99. The van der Waals surface area contributed by atoms with Crippen molar-refractivity contribution in [2.24, 2.45) is 5.73 Å². The van der Waals surface area contributed by atoms with E-state index in [0.29, 0.717) is 12.8 Å². The minimum Gasteiger partial charge on any atom is -0.497 e. The molecule has 0 bridgehead atoms. The highest BCUT2D eigenvalue weighted by atomic mass is 16.5. The van der Waals surface area contributed by atoms with Gasteiger partial charge in [-0.05, 0) is 12.5 Å². The molecule has 4 nitrogen and oxygen atoms in total. The van der Waals surface area contributed by atoms with Crippen molar-refractivity contribution in [3.8, 4) is 5.75 Å². The van der Waals surface area contributed by atoms with Gasteiger partial charge in [0.25, 0.3) is 0 Å². The highest BCUT2D eigenvalue weighted by Gasteiger charge is 1.99. The van der Waals surface area contributed by atoms with E-state index in [2.05, 4.69) is 4.98 Å². The Balaban J connectivity index is 2.61. The van der Waals surface area contributed by atoms with Gasteiger partial charge in [-0.15, -0.1) is 0 Å². The first kappa shape index (κ1) is 9.51. The highest BCUT2D eigenvalue weighted by Crippen LogP contribution is 2.10. The monoisotopic (exact) mass is 180 g/mol. The van der Waals surface area contributed by atoms with Crippen LogP contribution in [0.25, 0.3) is 0 Å². The molecule has 0 aliphatic rings. The minimum atomic E-state index is -0.315. The molecule has 0 aliphatic carbocycles. The van der Waals surface area contributed by atoms with Gasteiger partial charge in [0.1, 0.15) is 5.75 Å². The predicted octanol–water partition coefficient (Wildman–Crippen LogP) is 0.508. The molecule has 1 rings (SSSR count). The molecular formula is C9H12N2O2. The van der Waals surface area contributed by atoms with Crippen molar-refractivity contribution in [2.75, 3.05) is 7.11 Å². The molecule has 0 atom stereocenters. The SMILES string of the molecule is COc1ccnc(CCC(N)=O)c1. The summed E-state index contributed by atoms with van der Waals surface area (Å²) >= 11 is 0. The number of nitrogens with zero attached hydrogens (tertiary/aromatic N) is 1. The Bertz CT molecular complexity index is 299. The number of hydrogen-bond donors (Lipinski definition) is 1. The molecule has 13 heavy (non-hydrogen) atoms. The molecule has 70 valence electrons. The fraction of sp³-hybridized carbons (Fsp3) is 0.333. The predicted molar refractivity (Wildman–Crippen MR) is 48.3 cm³/mol. The molecule has 0 unspecified atom stereocenters. The zero-order valence-corrected chi connectivity index (χ0v) is 7.49. The van der Waals surface area contributed by atoms with E-state index >= 15 is 0 Å². The third kappa shape index (κ3) is 3.11. The lowest BCUT2D eigenvalue weighted by molar-refractivity contribution is -0.118. The number of primary amides is 1. The lowest BCUT2D eigenvalue weighted by Crippen LogP contribution is -2.11. The second-order valence-electron chi connectivity index (χ2n) is 2.65. The molecule has 0 saturated carbocycles. The number of pyridine rings is 1. The fourth-order valence-corrected chi connectivity index (χ4v) is 0.971. The summed E-state index contributed by atoms with van der Waals surface area (Å²) in [5.41, 5.74) is 5.83. The summed E-state index contributed by atoms with van der Waals surface area (Å²) in [5, 5.41) is 0. The normalized spacial score (nSPS) is 9.62. The number of carbonyl (C=O) groups excluding carboxylic acids is 1. The maximum Gasteiger partial charge on any atom is 0.217 e. The van der Waals surface area contributed by atoms with Crippen LogP contribution in [0.2, 0.25) is 0 Å². The molecule has 0 saturated heterocycles. The van der Waals surface area contributed by atoms with Gasteiger partial charge in [-0.3, -0.25) is 9.78 Å². The van der Waals surface area contributed by atoms with Crippen LogP contribution in [0.5, 0.6) is 5.75 Å². The fourth-order valence-electron chi connectivity index (χ4n) is 0.971. The van der Waals surface area contributed by atoms with Gasteiger partial charge < -0.3 is 10.5 Å². The van der Waals surface area contributed by atoms with Crippen molar-refractivity contribution in [3.05, 3.63) is 24.0 Å². The van der Waals surface area contributed by atoms with Crippen molar-refractivity contribution in [3.63, 3.8) is 0 Å². The van der Waals surface area contributed by atoms with E-state index in [1.807, 2.05) is 0 Å². The molecule has 1 aromatic heterocycles. The summed E-state index contributed by atoms with van der Waals surface area (Å²) in [7, 11) is 1.59. The smallest absolute Gasteiger partial charge is 0.217 e. The second-order valence-corrected chi connectivity index (χ2v) is 2.65. The zero-order valence-electron chi connectivity index (χ0n) is 7.49. The third-order valence-electron chi connectivity index (χ3n) is 1.65. The summed E-state index contributed by atoms with van der Waals surface area (Å²) in [6.45, 7) is 0. The van der Waals surface area contributed by atoms with Gasteiger partial charge >= 0.3 is 0 Å². The van der Waals surface area contributed by atoms with Crippen LogP contribution in [0, 0.1) is 0 Å². The Morgan fingerprint density at radius 2 is 2.46 bits per heavy atom. The van der Waals surface area contributed by atoms with Crippen LogP contribution < -0.4 is 10.5 Å². The Morgan fingerprint density at radius 1 is 1.69 bits per heavy atom. The van der Waals surface area contributed by atoms with Crippen LogP contribution in [0.4, 0.5) is 0 Å². The number of aryl methyl sites for hydroxylation is 1. The molecule has 0 radical (unpaired) electrons. The largest absolute Gasteiger partial charge is 0.497 e. The maximum atomic E-state index is 10.5. The van der Waals surface area contributed by atoms with E-state index in [4.69, 9.17) is 10.5 Å². The first-order chi connectivity index (χ1) is 6.22. The van der Waals surface area contributed by atoms with Crippen LogP contribution in [0.3, 0.4) is 0 Å². The van der Waals surface area contributed by atoms with Crippen LogP contribution in [0.1, 0.15) is 12.1 Å². The Hall–Kier alpha value is -1.58. The quantitative estimate of drug-likeness (QED) is 0.734. The Morgan fingerprint density at radius 3 is 3.08 bits per heavy atom.